The number of carbonyl (C=O) groups is 2. The first-order valence-corrected chi connectivity index (χ1v) is 7.41. The predicted molar refractivity (Wildman–Crippen MR) is 87.1 cm³/mol. The number of benzene rings is 1. The minimum absolute atomic E-state index is 0.303. The molecule has 0 heterocycles. The fourth-order valence-electron chi connectivity index (χ4n) is 1.65. The van der Waals surface area contributed by atoms with E-state index in [0.29, 0.717) is 13.1 Å². The number of hydrogen-bond donors (Lipinski definition) is 3. The molecule has 1 aromatic carbocycles. The molecule has 0 bridgehead atoms. The maximum Gasteiger partial charge on any atom is 0.407 e. The van der Waals surface area contributed by atoms with Crippen LogP contribution in [0.3, 0.4) is 0 Å². The lowest BCUT2D eigenvalue weighted by atomic mass is 10.1. The topological polar surface area (TPSA) is 79.5 Å². The Morgan fingerprint density at radius 3 is 2.18 bits per heavy atom. The average Bonchev–Trinajstić information content (AvgIpc) is 2.42. The van der Waals surface area contributed by atoms with Gasteiger partial charge in [0, 0.05) is 18.8 Å². The Morgan fingerprint density at radius 2 is 1.64 bits per heavy atom. The Kier molecular flexibility index (Phi) is 6.69. The van der Waals surface area contributed by atoms with Crippen LogP contribution in [0.25, 0.3) is 0 Å². The van der Waals surface area contributed by atoms with Gasteiger partial charge in [-0.05, 0) is 44.9 Å². The van der Waals surface area contributed by atoms with Crippen molar-refractivity contribution in [3.05, 3.63) is 29.8 Å². The quantitative estimate of drug-likeness (QED) is 0.732. The second-order valence-corrected chi connectivity index (χ2v) is 5.86. The summed E-state index contributed by atoms with van der Waals surface area (Å²) in [7, 11) is 0. The number of ether oxygens (including phenoxy) is 1. The summed E-state index contributed by atoms with van der Waals surface area (Å²) in [6.07, 6.45) is 0.466. The van der Waals surface area contributed by atoms with Gasteiger partial charge in [0.1, 0.15) is 5.60 Å². The van der Waals surface area contributed by atoms with Crippen LogP contribution in [0.1, 0.15) is 33.3 Å². The molecule has 0 saturated heterocycles. The van der Waals surface area contributed by atoms with Gasteiger partial charge in [0.2, 0.25) is 0 Å². The molecule has 0 aliphatic heterocycles. The zero-order chi connectivity index (χ0) is 16.6. The second kappa shape index (κ2) is 8.26. The van der Waals surface area contributed by atoms with Gasteiger partial charge in [0.25, 0.3) is 0 Å². The van der Waals surface area contributed by atoms with Crippen molar-refractivity contribution in [3.8, 4) is 0 Å². The molecular weight excluding hydrogens is 282 g/mol. The van der Waals surface area contributed by atoms with Crippen LogP contribution < -0.4 is 16.0 Å². The van der Waals surface area contributed by atoms with Crippen LogP contribution in [-0.2, 0) is 11.2 Å². The van der Waals surface area contributed by atoms with Crippen molar-refractivity contribution in [2.45, 2.75) is 39.7 Å². The summed E-state index contributed by atoms with van der Waals surface area (Å²) in [5.41, 5.74) is 1.42. The molecule has 1 aromatic rings. The van der Waals surface area contributed by atoms with Gasteiger partial charge in [-0.25, -0.2) is 9.59 Å². The van der Waals surface area contributed by atoms with E-state index in [9.17, 15) is 9.59 Å². The predicted octanol–water partition coefficient (Wildman–Crippen LogP) is 2.90. The third kappa shape index (κ3) is 7.52. The van der Waals surface area contributed by atoms with E-state index >= 15 is 0 Å². The van der Waals surface area contributed by atoms with Crippen molar-refractivity contribution >= 4 is 17.8 Å². The minimum atomic E-state index is -0.528. The number of carbonyl (C=O) groups excluding carboxylic acids is 2. The number of rotatable bonds is 5. The summed E-state index contributed by atoms with van der Waals surface area (Å²) in [5.74, 6) is 0. The number of anilines is 1. The Hall–Kier alpha value is -2.24. The third-order valence-corrected chi connectivity index (χ3v) is 2.70. The highest BCUT2D eigenvalue weighted by molar-refractivity contribution is 5.89. The van der Waals surface area contributed by atoms with E-state index in [4.69, 9.17) is 4.74 Å². The van der Waals surface area contributed by atoms with Crippen LogP contribution in [0.4, 0.5) is 15.3 Å². The largest absolute Gasteiger partial charge is 0.444 e. The summed E-state index contributed by atoms with van der Waals surface area (Å²) in [6.45, 7) is 8.08. The molecule has 0 fully saturated rings. The molecule has 6 heteroatoms. The fraction of sp³-hybridized carbons (Fsp3) is 0.500. The van der Waals surface area contributed by atoms with Crippen LogP contribution in [0.5, 0.6) is 0 Å². The number of hydrogen-bond acceptors (Lipinski definition) is 3. The SMILES string of the molecule is CCc1ccc(NC(=O)NCCNC(=O)OC(C)(C)C)cc1. The molecule has 3 N–H and O–H groups in total. The maximum atomic E-state index is 11.7. The minimum Gasteiger partial charge on any atom is -0.444 e. The van der Waals surface area contributed by atoms with Crippen LogP contribution in [-0.4, -0.2) is 30.8 Å². The first kappa shape index (κ1) is 17.8. The number of urea groups is 1. The van der Waals surface area contributed by atoms with Crippen molar-refractivity contribution in [1.82, 2.24) is 10.6 Å². The molecule has 0 atom stereocenters. The van der Waals surface area contributed by atoms with Crippen molar-refractivity contribution < 1.29 is 14.3 Å². The highest BCUT2D eigenvalue weighted by Gasteiger charge is 2.15. The van der Waals surface area contributed by atoms with Gasteiger partial charge in [-0.15, -0.1) is 0 Å². The highest BCUT2D eigenvalue weighted by atomic mass is 16.6. The van der Waals surface area contributed by atoms with Gasteiger partial charge < -0.3 is 20.7 Å². The van der Waals surface area contributed by atoms with E-state index in [-0.39, 0.29) is 6.03 Å². The molecule has 0 aromatic heterocycles. The molecule has 0 unspecified atom stereocenters. The zero-order valence-electron chi connectivity index (χ0n) is 13.7. The van der Waals surface area contributed by atoms with Crippen molar-refractivity contribution in [3.63, 3.8) is 0 Å². The normalized spacial score (nSPS) is 10.7. The summed E-state index contributed by atoms with van der Waals surface area (Å²) >= 11 is 0. The third-order valence-electron chi connectivity index (χ3n) is 2.70. The molecule has 0 aliphatic carbocycles. The molecule has 0 spiro atoms. The molecule has 22 heavy (non-hydrogen) atoms. The first-order valence-electron chi connectivity index (χ1n) is 7.41. The fourth-order valence-corrected chi connectivity index (χ4v) is 1.65. The molecule has 3 amide bonds. The molecule has 0 aliphatic rings. The number of alkyl carbamates (subject to hydrolysis) is 1. The summed E-state index contributed by atoms with van der Waals surface area (Å²) in [5, 5.41) is 7.95. The van der Waals surface area contributed by atoms with Gasteiger partial charge in [-0.3, -0.25) is 0 Å². The van der Waals surface area contributed by atoms with Crippen LogP contribution in [0.2, 0.25) is 0 Å². The maximum absolute atomic E-state index is 11.7. The summed E-state index contributed by atoms with van der Waals surface area (Å²) in [6, 6.07) is 7.35. The van der Waals surface area contributed by atoms with Crippen LogP contribution in [0.15, 0.2) is 24.3 Å². The number of aryl methyl sites for hydroxylation is 1. The van der Waals surface area contributed by atoms with E-state index in [1.165, 1.54) is 5.56 Å². The zero-order valence-corrected chi connectivity index (χ0v) is 13.7. The van der Waals surface area contributed by atoms with Gasteiger partial charge in [0.05, 0.1) is 0 Å². The Morgan fingerprint density at radius 1 is 1.05 bits per heavy atom. The van der Waals surface area contributed by atoms with E-state index in [0.717, 1.165) is 12.1 Å². The summed E-state index contributed by atoms with van der Waals surface area (Å²) in [4.78, 5) is 23.1. The van der Waals surface area contributed by atoms with E-state index in [1.54, 1.807) is 20.8 Å². The summed E-state index contributed by atoms with van der Waals surface area (Å²) < 4.78 is 5.08. The number of amides is 3. The molecule has 1 rings (SSSR count). The molecular formula is C16H25N3O3. The average molecular weight is 307 g/mol. The lowest BCUT2D eigenvalue weighted by molar-refractivity contribution is 0.0528. The lowest BCUT2D eigenvalue weighted by Crippen LogP contribution is -2.39. The monoisotopic (exact) mass is 307 g/mol. The number of nitrogens with one attached hydrogen (secondary N) is 3. The van der Waals surface area contributed by atoms with Crippen LogP contribution >= 0.6 is 0 Å². The van der Waals surface area contributed by atoms with E-state index < -0.39 is 11.7 Å². The van der Waals surface area contributed by atoms with E-state index in [2.05, 4.69) is 22.9 Å². The Bertz CT molecular complexity index is 492. The van der Waals surface area contributed by atoms with Gasteiger partial charge in [-0.1, -0.05) is 19.1 Å². The lowest BCUT2D eigenvalue weighted by Gasteiger charge is -2.19. The van der Waals surface area contributed by atoms with Crippen LogP contribution in [0, 0.1) is 0 Å². The Labute approximate surface area is 131 Å². The molecule has 122 valence electrons. The smallest absolute Gasteiger partial charge is 0.407 e. The van der Waals surface area contributed by atoms with Gasteiger partial charge in [0.15, 0.2) is 0 Å². The second-order valence-electron chi connectivity index (χ2n) is 5.86. The van der Waals surface area contributed by atoms with Crippen molar-refractivity contribution in [2.24, 2.45) is 0 Å². The van der Waals surface area contributed by atoms with Crippen molar-refractivity contribution in [2.75, 3.05) is 18.4 Å². The first-order chi connectivity index (χ1) is 10.3. The molecule has 6 nitrogen and oxygen atoms in total. The van der Waals surface area contributed by atoms with Gasteiger partial charge in [-0.2, -0.15) is 0 Å². The standard InChI is InChI=1S/C16H25N3O3/c1-5-12-6-8-13(9-7-12)19-14(20)17-10-11-18-15(21)22-16(2,3)4/h6-9H,5,10-11H2,1-4H3,(H,18,21)(H2,17,19,20). The van der Waals surface area contributed by atoms with Gasteiger partial charge >= 0.3 is 12.1 Å². The highest BCUT2D eigenvalue weighted by Crippen LogP contribution is 2.09. The molecule has 0 saturated carbocycles. The Balaban J connectivity index is 2.21. The van der Waals surface area contributed by atoms with Crippen molar-refractivity contribution in [1.29, 1.82) is 0 Å². The van der Waals surface area contributed by atoms with E-state index in [1.807, 2.05) is 24.3 Å². The molecule has 0 radical (unpaired) electrons.